The molecule has 1 heterocycles. The van der Waals surface area contributed by atoms with Gasteiger partial charge in [0.1, 0.15) is 5.82 Å². The number of nitrogens with zero attached hydrogens (tertiary/aromatic N) is 2. The summed E-state index contributed by atoms with van der Waals surface area (Å²) in [5.41, 5.74) is 7.96. The first-order valence-corrected chi connectivity index (χ1v) is 7.43. The summed E-state index contributed by atoms with van der Waals surface area (Å²) in [6.07, 6.45) is 0. The quantitative estimate of drug-likeness (QED) is 0.741. The Balaban J connectivity index is 2.48. The third kappa shape index (κ3) is 2.63. The second-order valence-electron chi connectivity index (χ2n) is 5.31. The molecule has 0 radical (unpaired) electrons. The molecular weight excluding hydrogens is 286 g/mol. The van der Waals surface area contributed by atoms with E-state index in [1.807, 2.05) is 55.5 Å². The topological polar surface area (TPSA) is 60.9 Å². The molecule has 0 fully saturated rings. The molecule has 3 aromatic rings. The molecule has 1 atom stereocenters. The van der Waals surface area contributed by atoms with Crippen LogP contribution in [0.4, 0.5) is 0 Å². The minimum Gasteiger partial charge on any atom is -0.322 e. The summed E-state index contributed by atoms with van der Waals surface area (Å²) in [6, 6.07) is 14.6. The van der Waals surface area contributed by atoms with E-state index in [0.717, 1.165) is 5.69 Å². The van der Waals surface area contributed by atoms with Crippen LogP contribution in [-0.4, -0.2) is 9.55 Å². The Morgan fingerprint density at radius 3 is 2.52 bits per heavy atom. The van der Waals surface area contributed by atoms with Crippen molar-refractivity contribution < 1.29 is 0 Å². The number of fused-ring (bicyclic) bond motifs is 1. The van der Waals surface area contributed by atoms with Crippen molar-refractivity contribution in [1.82, 2.24) is 9.55 Å². The molecule has 114 valence electrons. The molecular formula is C19H17N3O. The van der Waals surface area contributed by atoms with E-state index in [4.69, 9.17) is 5.73 Å². The first kappa shape index (κ1) is 15.0. The normalized spacial score (nSPS) is 11.8. The predicted octanol–water partition coefficient (Wildman–Crippen LogP) is 2.78. The number of rotatable bonds is 2. The maximum Gasteiger partial charge on any atom is 0.267 e. The zero-order valence-electron chi connectivity index (χ0n) is 13.1. The van der Waals surface area contributed by atoms with E-state index in [2.05, 4.69) is 16.8 Å². The maximum absolute atomic E-state index is 13.1. The molecule has 0 aliphatic rings. The summed E-state index contributed by atoms with van der Waals surface area (Å²) < 4.78 is 1.58. The summed E-state index contributed by atoms with van der Waals surface area (Å²) in [6.45, 7) is 3.57. The fraction of sp³-hybridized carbons (Fsp3) is 0.158. The average molecular weight is 303 g/mol. The molecule has 1 aromatic heterocycles. The molecule has 0 amide bonds. The maximum atomic E-state index is 13.1. The minimum atomic E-state index is -0.367. The van der Waals surface area contributed by atoms with Gasteiger partial charge in [0.25, 0.3) is 5.56 Å². The number of benzene rings is 2. The van der Waals surface area contributed by atoms with Crippen molar-refractivity contribution in [2.75, 3.05) is 0 Å². The zero-order chi connectivity index (χ0) is 16.4. The summed E-state index contributed by atoms with van der Waals surface area (Å²) in [7, 11) is 0. The Hall–Kier alpha value is -2.90. The number of para-hydroxylation sites is 1. The molecule has 0 unspecified atom stereocenters. The van der Waals surface area contributed by atoms with E-state index in [1.54, 1.807) is 11.5 Å². The van der Waals surface area contributed by atoms with Gasteiger partial charge in [-0.2, -0.15) is 0 Å². The van der Waals surface area contributed by atoms with E-state index >= 15 is 0 Å². The van der Waals surface area contributed by atoms with Crippen molar-refractivity contribution in [2.45, 2.75) is 19.9 Å². The molecule has 23 heavy (non-hydrogen) atoms. The monoisotopic (exact) mass is 303 g/mol. The first-order chi connectivity index (χ1) is 11.1. The Bertz CT molecular complexity index is 976. The van der Waals surface area contributed by atoms with Gasteiger partial charge in [-0.05, 0) is 38.1 Å². The number of aromatic nitrogens is 2. The molecule has 3 rings (SSSR count). The van der Waals surface area contributed by atoms with Gasteiger partial charge in [-0.1, -0.05) is 30.2 Å². The predicted molar refractivity (Wildman–Crippen MR) is 92.5 cm³/mol. The molecule has 4 nitrogen and oxygen atoms in total. The molecule has 0 saturated carbocycles. The fourth-order valence-corrected chi connectivity index (χ4v) is 2.62. The Labute approximate surface area is 134 Å². The van der Waals surface area contributed by atoms with Crippen LogP contribution in [0.5, 0.6) is 0 Å². The second kappa shape index (κ2) is 6.07. The summed E-state index contributed by atoms with van der Waals surface area (Å²) in [5.74, 6) is 6.37. The van der Waals surface area contributed by atoms with Crippen LogP contribution < -0.4 is 11.3 Å². The lowest BCUT2D eigenvalue weighted by molar-refractivity contribution is 0.696. The lowest BCUT2D eigenvalue weighted by Crippen LogP contribution is -2.27. The Morgan fingerprint density at radius 2 is 1.87 bits per heavy atom. The van der Waals surface area contributed by atoms with Crippen LogP contribution in [0.1, 0.15) is 31.3 Å². The van der Waals surface area contributed by atoms with E-state index in [1.165, 1.54) is 0 Å². The lowest BCUT2D eigenvalue weighted by Gasteiger charge is -2.16. The molecule has 2 N–H and O–H groups in total. The second-order valence-corrected chi connectivity index (χ2v) is 5.31. The highest BCUT2D eigenvalue weighted by atomic mass is 16.1. The van der Waals surface area contributed by atoms with E-state index in [9.17, 15) is 4.79 Å². The average Bonchev–Trinajstić information content (AvgIpc) is 2.55. The highest BCUT2D eigenvalue weighted by Crippen LogP contribution is 2.18. The molecule has 0 bridgehead atoms. The van der Waals surface area contributed by atoms with Gasteiger partial charge < -0.3 is 5.73 Å². The van der Waals surface area contributed by atoms with Crippen molar-refractivity contribution in [1.29, 1.82) is 0 Å². The van der Waals surface area contributed by atoms with Crippen molar-refractivity contribution in [3.8, 4) is 17.5 Å². The molecule has 2 aromatic carbocycles. The zero-order valence-corrected chi connectivity index (χ0v) is 13.1. The molecule has 0 aliphatic carbocycles. The van der Waals surface area contributed by atoms with Crippen LogP contribution >= 0.6 is 0 Å². The molecule has 0 saturated heterocycles. The highest BCUT2D eigenvalue weighted by Gasteiger charge is 2.16. The number of nitrogens with two attached hydrogens (primary N) is 1. The van der Waals surface area contributed by atoms with Crippen molar-refractivity contribution in [3.05, 3.63) is 70.3 Å². The summed E-state index contributed by atoms with van der Waals surface area (Å²) in [5, 5.41) is 0.523. The minimum absolute atomic E-state index is 0.146. The van der Waals surface area contributed by atoms with Crippen LogP contribution in [0.25, 0.3) is 16.6 Å². The molecule has 0 aliphatic heterocycles. The standard InChI is InChI=1S/C19H17N3O/c1-3-8-14-9-7-12-16-17(14)19(23)22(18(21-16)13(2)20)15-10-5-4-6-11-15/h4-7,9-13H,20H2,1-2H3/t13-/m0/s1. The summed E-state index contributed by atoms with van der Waals surface area (Å²) in [4.78, 5) is 17.8. The molecule has 0 spiro atoms. The van der Waals surface area contributed by atoms with E-state index in [-0.39, 0.29) is 11.6 Å². The third-order valence-electron chi connectivity index (χ3n) is 3.60. The lowest BCUT2D eigenvalue weighted by atomic mass is 10.1. The van der Waals surface area contributed by atoms with Crippen LogP contribution in [0.15, 0.2) is 53.3 Å². The number of hydrogen-bond donors (Lipinski definition) is 1. The van der Waals surface area contributed by atoms with Gasteiger partial charge in [-0.3, -0.25) is 9.36 Å². The third-order valence-corrected chi connectivity index (χ3v) is 3.60. The van der Waals surface area contributed by atoms with Gasteiger partial charge in [0.2, 0.25) is 0 Å². The van der Waals surface area contributed by atoms with E-state index in [0.29, 0.717) is 22.3 Å². The number of hydrogen-bond acceptors (Lipinski definition) is 3. The van der Waals surface area contributed by atoms with Gasteiger partial charge in [0, 0.05) is 5.56 Å². The van der Waals surface area contributed by atoms with Gasteiger partial charge in [-0.25, -0.2) is 4.98 Å². The van der Waals surface area contributed by atoms with Crippen molar-refractivity contribution in [2.24, 2.45) is 5.73 Å². The van der Waals surface area contributed by atoms with Crippen LogP contribution in [0.2, 0.25) is 0 Å². The first-order valence-electron chi connectivity index (χ1n) is 7.43. The Morgan fingerprint density at radius 1 is 1.13 bits per heavy atom. The highest BCUT2D eigenvalue weighted by molar-refractivity contribution is 5.84. The van der Waals surface area contributed by atoms with Crippen molar-refractivity contribution >= 4 is 10.9 Å². The SMILES string of the molecule is CC#Cc1cccc2nc([C@H](C)N)n(-c3ccccc3)c(=O)c12. The van der Waals surface area contributed by atoms with Gasteiger partial charge >= 0.3 is 0 Å². The van der Waals surface area contributed by atoms with Gasteiger partial charge in [0.15, 0.2) is 0 Å². The largest absolute Gasteiger partial charge is 0.322 e. The van der Waals surface area contributed by atoms with Crippen LogP contribution in [-0.2, 0) is 0 Å². The smallest absolute Gasteiger partial charge is 0.267 e. The summed E-state index contributed by atoms with van der Waals surface area (Å²) >= 11 is 0. The van der Waals surface area contributed by atoms with Crippen LogP contribution in [0, 0.1) is 11.8 Å². The van der Waals surface area contributed by atoms with Gasteiger partial charge in [-0.15, -0.1) is 5.92 Å². The Kier molecular flexibility index (Phi) is 3.96. The fourth-order valence-electron chi connectivity index (χ4n) is 2.62. The van der Waals surface area contributed by atoms with Crippen LogP contribution in [0.3, 0.4) is 0 Å². The van der Waals surface area contributed by atoms with Gasteiger partial charge in [0.05, 0.1) is 22.6 Å². The molecule has 4 heteroatoms. The van der Waals surface area contributed by atoms with Crippen molar-refractivity contribution in [3.63, 3.8) is 0 Å². The van der Waals surface area contributed by atoms with E-state index < -0.39 is 0 Å².